The number of rotatable bonds is 3. The molecule has 1 amide bonds. The van der Waals surface area contributed by atoms with Crippen molar-refractivity contribution in [2.75, 3.05) is 13.1 Å². The number of carbonyl (C=O) groups is 1. The third kappa shape index (κ3) is 2.41. The summed E-state index contributed by atoms with van der Waals surface area (Å²) in [6, 6.07) is 1.80. The first kappa shape index (κ1) is 11.1. The summed E-state index contributed by atoms with van der Waals surface area (Å²) in [5.41, 5.74) is 0. The van der Waals surface area contributed by atoms with Crippen LogP contribution in [-0.4, -0.2) is 44.9 Å². The molecule has 1 aromatic heterocycles. The van der Waals surface area contributed by atoms with E-state index in [0.717, 1.165) is 13.0 Å². The lowest BCUT2D eigenvalue weighted by Crippen LogP contribution is -2.33. The summed E-state index contributed by atoms with van der Waals surface area (Å²) in [5, 5.41) is 13.5. The predicted octanol–water partition coefficient (Wildman–Crippen LogP) is 0.112. The maximum absolute atomic E-state index is 11.9. The highest BCUT2D eigenvalue weighted by atomic mass is 16.3. The number of likely N-dealkylation sites (tertiary alicyclic amines) is 1. The molecule has 2 heterocycles. The Hall–Kier alpha value is -1.36. The van der Waals surface area contributed by atoms with Gasteiger partial charge in [-0.3, -0.25) is 9.48 Å². The summed E-state index contributed by atoms with van der Waals surface area (Å²) < 4.78 is 1.62. The van der Waals surface area contributed by atoms with E-state index in [0.29, 0.717) is 13.1 Å². The highest BCUT2D eigenvalue weighted by molar-refractivity contribution is 5.76. The molecule has 5 heteroatoms. The number of aromatic nitrogens is 2. The van der Waals surface area contributed by atoms with Crippen molar-refractivity contribution in [3.63, 3.8) is 0 Å². The molecule has 0 bridgehead atoms. The number of aliphatic hydroxyl groups is 1. The van der Waals surface area contributed by atoms with Crippen molar-refractivity contribution in [2.24, 2.45) is 5.92 Å². The largest absolute Gasteiger partial charge is 0.393 e. The van der Waals surface area contributed by atoms with E-state index in [1.807, 2.05) is 0 Å². The van der Waals surface area contributed by atoms with Gasteiger partial charge in [-0.25, -0.2) is 0 Å². The van der Waals surface area contributed by atoms with Crippen LogP contribution in [0.4, 0.5) is 0 Å². The normalized spacial score (nSPS) is 22.4. The Labute approximate surface area is 94.7 Å². The highest BCUT2D eigenvalue weighted by Gasteiger charge is 2.28. The van der Waals surface area contributed by atoms with Gasteiger partial charge in [0.1, 0.15) is 6.54 Å². The van der Waals surface area contributed by atoms with Gasteiger partial charge < -0.3 is 10.0 Å². The van der Waals surface area contributed by atoms with Crippen LogP contribution in [0.15, 0.2) is 18.5 Å². The monoisotopic (exact) mass is 223 g/mol. The van der Waals surface area contributed by atoms with Crippen LogP contribution in [0.3, 0.4) is 0 Å². The fourth-order valence-corrected chi connectivity index (χ4v) is 2.04. The van der Waals surface area contributed by atoms with E-state index >= 15 is 0 Å². The minimum Gasteiger partial charge on any atom is -0.393 e. The van der Waals surface area contributed by atoms with Gasteiger partial charge in [0.15, 0.2) is 0 Å². The Morgan fingerprint density at radius 3 is 3.06 bits per heavy atom. The molecular weight excluding hydrogens is 206 g/mol. The molecule has 0 spiro atoms. The average Bonchev–Trinajstić information content (AvgIpc) is 2.86. The van der Waals surface area contributed by atoms with E-state index in [1.54, 1.807) is 35.0 Å². The van der Waals surface area contributed by atoms with Gasteiger partial charge in [0.2, 0.25) is 5.91 Å². The standard InChI is InChI=1S/C11H17N3O2/c1-9(15)10-3-6-13(7-10)11(16)8-14-5-2-4-12-14/h2,4-5,9-10,15H,3,6-8H2,1H3. The van der Waals surface area contributed by atoms with E-state index in [1.165, 1.54) is 0 Å². The SMILES string of the molecule is CC(O)C1CCN(C(=O)Cn2cccn2)C1. The molecule has 1 aromatic rings. The van der Waals surface area contributed by atoms with Gasteiger partial charge in [0, 0.05) is 31.4 Å². The molecule has 0 radical (unpaired) electrons. The lowest BCUT2D eigenvalue weighted by Gasteiger charge is -2.17. The molecule has 5 nitrogen and oxygen atoms in total. The molecule has 1 aliphatic heterocycles. The first-order valence-corrected chi connectivity index (χ1v) is 5.60. The summed E-state index contributed by atoms with van der Waals surface area (Å²) in [4.78, 5) is 13.7. The molecule has 1 fully saturated rings. The Balaban J connectivity index is 1.87. The van der Waals surface area contributed by atoms with E-state index in [2.05, 4.69) is 5.10 Å². The molecule has 2 atom stereocenters. The summed E-state index contributed by atoms with van der Waals surface area (Å²) in [6.07, 6.45) is 4.00. The topological polar surface area (TPSA) is 58.4 Å². The molecule has 0 aromatic carbocycles. The van der Waals surface area contributed by atoms with Crippen LogP contribution in [0.25, 0.3) is 0 Å². The minimum atomic E-state index is -0.331. The van der Waals surface area contributed by atoms with E-state index in [9.17, 15) is 9.90 Å². The Morgan fingerprint density at radius 1 is 1.69 bits per heavy atom. The van der Waals surface area contributed by atoms with Crippen molar-refractivity contribution in [1.82, 2.24) is 14.7 Å². The van der Waals surface area contributed by atoms with Crippen molar-refractivity contribution in [2.45, 2.75) is 26.0 Å². The number of hydrogen-bond acceptors (Lipinski definition) is 3. The zero-order valence-electron chi connectivity index (χ0n) is 9.41. The van der Waals surface area contributed by atoms with Crippen molar-refractivity contribution in [1.29, 1.82) is 0 Å². The van der Waals surface area contributed by atoms with Gasteiger partial charge in [0.25, 0.3) is 0 Å². The molecule has 2 unspecified atom stereocenters. The second-order valence-corrected chi connectivity index (χ2v) is 4.33. The van der Waals surface area contributed by atoms with Gasteiger partial charge in [0.05, 0.1) is 6.10 Å². The fraction of sp³-hybridized carbons (Fsp3) is 0.636. The molecular formula is C11H17N3O2. The first-order chi connectivity index (χ1) is 7.66. The molecule has 88 valence electrons. The maximum atomic E-state index is 11.9. The third-order valence-electron chi connectivity index (χ3n) is 3.12. The van der Waals surface area contributed by atoms with Crippen LogP contribution in [0.2, 0.25) is 0 Å². The van der Waals surface area contributed by atoms with Gasteiger partial charge in [-0.05, 0) is 19.4 Å². The van der Waals surface area contributed by atoms with Crippen molar-refractivity contribution in [3.05, 3.63) is 18.5 Å². The molecule has 1 aliphatic rings. The van der Waals surface area contributed by atoms with Crippen LogP contribution in [0.5, 0.6) is 0 Å². The quantitative estimate of drug-likeness (QED) is 0.791. The Bertz CT molecular complexity index is 348. The summed E-state index contributed by atoms with van der Waals surface area (Å²) >= 11 is 0. The lowest BCUT2D eigenvalue weighted by molar-refractivity contribution is -0.131. The van der Waals surface area contributed by atoms with Crippen molar-refractivity contribution in [3.8, 4) is 0 Å². The van der Waals surface area contributed by atoms with Crippen molar-refractivity contribution < 1.29 is 9.90 Å². The van der Waals surface area contributed by atoms with Crippen LogP contribution in [-0.2, 0) is 11.3 Å². The summed E-state index contributed by atoms with van der Waals surface area (Å²) in [5.74, 6) is 0.299. The minimum absolute atomic E-state index is 0.0758. The third-order valence-corrected chi connectivity index (χ3v) is 3.12. The zero-order valence-corrected chi connectivity index (χ0v) is 9.41. The predicted molar refractivity (Wildman–Crippen MR) is 58.6 cm³/mol. The maximum Gasteiger partial charge on any atom is 0.244 e. The number of aliphatic hydroxyl groups excluding tert-OH is 1. The van der Waals surface area contributed by atoms with Gasteiger partial charge in [-0.15, -0.1) is 0 Å². The zero-order chi connectivity index (χ0) is 11.5. The number of carbonyl (C=O) groups excluding carboxylic acids is 1. The summed E-state index contributed by atoms with van der Waals surface area (Å²) in [7, 11) is 0. The smallest absolute Gasteiger partial charge is 0.244 e. The number of hydrogen-bond donors (Lipinski definition) is 1. The van der Waals surface area contributed by atoms with Gasteiger partial charge >= 0.3 is 0 Å². The van der Waals surface area contributed by atoms with Gasteiger partial charge in [-0.2, -0.15) is 5.10 Å². The lowest BCUT2D eigenvalue weighted by atomic mass is 10.0. The Kier molecular flexibility index (Phi) is 3.24. The molecule has 0 aliphatic carbocycles. The van der Waals surface area contributed by atoms with E-state index in [4.69, 9.17) is 0 Å². The Morgan fingerprint density at radius 2 is 2.50 bits per heavy atom. The average molecular weight is 223 g/mol. The molecule has 1 saturated heterocycles. The molecule has 16 heavy (non-hydrogen) atoms. The van der Waals surface area contributed by atoms with Crippen molar-refractivity contribution >= 4 is 5.91 Å². The van der Waals surface area contributed by atoms with E-state index in [-0.39, 0.29) is 17.9 Å². The molecule has 1 N–H and O–H groups in total. The van der Waals surface area contributed by atoms with E-state index < -0.39 is 0 Å². The second kappa shape index (κ2) is 4.65. The number of amides is 1. The molecule has 0 saturated carbocycles. The van der Waals surface area contributed by atoms with Crippen LogP contribution in [0.1, 0.15) is 13.3 Å². The van der Waals surface area contributed by atoms with Crippen LogP contribution < -0.4 is 0 Å². The second-order valence-electron chi connectivity index (χ2n) is 4.33. The number of nitrogens with zero attached hydrogens (tertiary/aromatic N) is 3. The molecule has 2 rings (SSSR count). The highest BCUT2D eigenvalue weighted by Crippen LogP contribution is 2.19. The van der Waals surface area contributed by atoms with Crippen LogP contribution in [0, 0.1) is 5.92 Å². The van der Waals surface area contributed by atoms with Crippen LogP contribution >= 0.6 is 0 Å². The first-order valence-electron chi connectivity index (χ1n) is 5.60. The van der Waals surface area contributed by atoms with Gasteiger partial charge in [-0.1, -0.05) is 0 Å². The summed E-state index contributed by atoms with van der Waals surface area (Å²) in [6.45, 7) is 3.49. The fourth-order valence-electron chi connectivity index (χ4n) is 2.04.